The number of imide groups is 1. The number of fused-ring (bicyclic) bond motifs is 1. The van der Waals surface area contributed by atoms with E-state index >= 15 is 0 Å². The first kappa shape index (κ1) is 24.0. The van der Waals surface area contributed by atoms with Crippen molar-refractivity contribution >= 4 is 40.2 Å². The number of para-hydroxylation sites is 1. The van der Waals surface area contributed by atoms with Crippen LogP contribution in [0.25, 0.3) is 10.8 Å². The lowest BCUT2D eigenvalue weighted by Crippen LogP contribution is -2.51. The highest BCUT2D eigenvalue weighted by Crippen LogP contribution is 2.60. The highest BCUT2D eigenvalue weighted by atomic mass is 16.2. The van der Waals surface area contributed by atoms with Crippen molar-refractivity contribution in [3.8, 4) is 0 Å². The van der Waals surface area contributed by atoms with Crippen LogP contribution in [0.1, 0.15) is 40.7 Å². The van der Waals surface area contributed by atoms with Gasteiger partial charge in [-0.3, -0.25) is 14.6 Å². The van der Waals surface area contributed by atoms with E-state index < -0.39 is 17.3 Å². The molecule has 4 bridgehead atoms. The fourth-order valence-electron chi connectivity index (χ4n) is 7.67. The Labute approximate surface area is 239 Å². The standard InChI is InChI=1S/C37H28N2O2/c1-2-23-10-4-8-16-30(23)38-22-37-26-20-18-25(19-21-26)32(28-14-6-7-15-29(28)37)33-34(37)36(41)39(35(33)40)31-17-9-12-24-11-3-5-13-27(24)31/h3-22,32-34H,2H2,1H3/t32-,33+,34+,37+/m0/s1. The maximum atomic E-state index is 14.8. The fourth-order valence-corrected chi connectivity index (χ4v) is 7.67. The molecule has 1 heterocycles. The lowest BCUT2D eigenvalue weighted by Gasteiger charge is -2.48. The van der Waals surface area contributed by atoms with Gasteiger partial charge in [0, 0.05) is 17.5 Å². The van der Waals surface area contributed by atoms with Crippen molar-refractivity contribution in [2.24, 2.45) is 16.8 Å². The average Bonchev–Trinajstić information content (AvgIpc) is 3.27. The molecule has 1 saturated heterocycles. The van der Waals surface area contributed by atoms with Crippen LogP contribution in [-0.4, -0.2) is 18.0 Å². The Kier molecular flexibility index (Phi) is 5.17. The molecule has 4 atom stereocenters. The number of benzene rings is 5. The van der Waals surface area contributed by atoms with Gasteiger partial charge in [-0.2, -0.15) is 0 Å². The van der Waals surface area contributed by atoms with Crippen molar-refractivity contribution in [3.63, 3.8) is 0 Å². The highest BCUT2D eigenvalue weighted by molar-refractivity contribution is 6.27. The molecule has 6 aliphatic rings. The van der Waals surface area contributed by atoms with Gasteiger partial charge in [0.1, 0.15) is 0 Å². The zero-order valence-electron chi connectivity index (χ0n) is 22.7. The molecule has 1 fully saturated rings. The zero-order valence-corrected chi connectivity index (χ0v) is 22.7. The molecule has 1 aliphatic heterocycles. The van der Waals surface area contributed by atoms with Gasteiger partial charge in [0.15, 0.2) is 0 Å². The minimum Gasteiger partial charge on any atom is -0.274 e. The summed E-state index contributed by atoms with van der Waals surface area (Å²) in [7, 11) is 0. The predicted octanol–water partition coefficient (Wildman–Crippen LogP) is 7.36. The minimum absolute atomic E-state index is 0.134. The zero-order chi connectivity index (χ0) is 27.7. The fraction of sp³-hybridized carbons (Fsp3) is 0.162. The third-order valence-corrected chi connectivity index (χ3v) is 9.48. The summed E-state index contributed by atoms with van der Waals surface area (Å²) in [6, 6.07) is 38.8. The lowest BCUT2D eigenvalue weighted by molar-refractivity contribution is -0.122. The van der Waals surface area contributed by atoms with Crippen LogP contribution in [0.3, 0.4) is 0 Å². The van der Waals surface area contributed by atoms with Gasteiger partial charge in [-0.05, 0) is 51.8 Å². The van der Waals surface area contributed by atoms with E-state index in [1.807, 2.05) is 79.0 Å². The van der Waals surface area contributed by atoms with Gasteiger partial charge in [-0.15, -0.1) is 0 Å². The molecule has 0 N–H and O–H groups in total. The van der Waals surface area contributed by atoms with Crippen LogP contribution >= 0.6 is 0 Å². The molecular formula is C37H28N2O2. The van der Waals surface area contributed by atoms with Crippen molar-refractivity contribution in [1.82, 2.24) is 0 Å². The SMILES string of the molecule is CCc1ccccc1N=C[C@@]12c3ccc(cc3)[C@@H](c3ccccc31)[C@H]1C(=O)N(c3cccc4ccccc34)C(=O)[C@@H]12. The first-order chi connectivity index (χ1) is 20.1. The van der Waals surface area contributed by atoms with Crippen LogP contribution in [-0.2, 0) is 21.4 Å². The summed E-state index contributed by atoms with van der Waals surface area (Å²) in [5.74, 6) is -1.67. The molecule has 5 aromatic rings. The van der Waals surface area contributed by atoms with E-state index in [0.29, 0.717) is 5.69 Å². The van der Waals surface area contributed by atoms with Crippen molar-refractivity contribution in [1.29, 1.82) is 0 Å². The largest absolute Gasteiger partial charge is 0.274 e. The van der Waals surface area contributed by atoms with Crippen molar-refractivity contribution < 1.29 is 9.59 Å². The average molecular weight is 533 g/mol. The van der Waals surface area contributed by atoms with Crippen LogP contribution in [0.2, 0.25) is 0 Å². The van der Waals surface area contributed by atoms with E-state index in [2.05, 4.69) is 49.4 Å². The van der Waals surface area contributed by atoms with E-state index in [1.165, 1.54) is 4.90 Å². The summed E-state index contributed by atoms with van der Waals surface area (Å²) < 4.78 is 0. The van der Waals surface area contributed by atoms with Crippen molar-refractivity contribution in [3.05, 3.63) is 143 Å². The Morgan fingerprint density at radius 2 is 1.51 bits per heavy atom. The second-order valence-electron chi connectivity index (χ2n) is 11.3. The minimum atomic E-state index is -0.899. The summed E-state index contributed by atoms with van der Waals surface area (Å²) in [4.78, 5) is 36.1. The maximum Gasteiger partial charge on any atom is 0.239 e. The normalized spacial score (nSPS) is 24.1. The number of aliphatic imine (C=N–C) groups is 1. The lowest BCUT2D eigenvalue weighted by atomic mass is 9.52. The van der Waals surface area contributed by atoms with Crippen molar-refractivity contribution in [2.75, 3.05) is 4.90 Å². The number of hydrogen-bond acceptors (Lipinski definition) is 3. The van der Waals surface area contributed by atoms with Gasteiger partial charge in [0.05, 0.1) is 28.6 Å². The number of carbonyl (C=O) groups is 2. The molecule has 0 saturated carbocycles. The number of carbonyl (C=O) groups excluding carboxylic acids is 2. The molecule has 4 nitrogen and oxygen atoms in total. The Morgan fingerprint density at radius 3 is 2.37 bits per heavy atom. The van der Waals surface area contributed by atoms with Gasteiger partial charge < -0.3 is 0 Å². The highest BCUT2D eigenvalue weighted by Gasteiger charge is 2.65. The smallest absolute Gasteiger partial charge is 0.239 e. The number of amides is 2. The molecule has 5 aromatic carbocycles. The van der Waals surface area contributed by atoms with Gasteiger partial charge in [0.2, 0.25) is 11.8 Å². The molecule has 4 heteroatoms. The molecule has 5 aliphatic carbocycles. The van der Waals surface area contributed by atoms with Crippen molar-refractivity contribution in [2.45, 2.75) is 24.7 Å². The summed E-state index contributed by atoms with van der Waals surface area (Å²) >= 11 is 0. The first-order valence-corrected chi connectivity index (χ1v) is 14.3. The number of nitrogens with zero attached hydrogens (tertiary/aromatic N) is 2. The molecule has 11 rings (SSSR count). The van der Waals surface area contributed by atoms with E-state index in [-0.39, 0.29) is 17.7 Å². The van der Waals surface area contributed by atoms with Gasteiger partial charge in [-0.25, -0.2) is 4.90 Å². The Balaban J connectivity index is 1.41. The van der Waals surface area contributed by atoms with Crippen LogP contribution < -0.4 is 4.90 Å². The molecule has 0 aromatic heterocycles. The Morgan fingerprint density at radius 1 is 0.780 bits per heavy atom. The number of hydrogen-bond donors (Lipinski definition) is 0. The third-order valence-electron chi connectivity index (χ3n) is 9.48. The number of aryl methyl sites for hydroxylation is 1. The number of anilines is 1. The second kappa shape index (κ2) is 8.84. The van der Waals surface area contributed by atoms with Crippen LogP contribution in [0.4, 0.5) is 11.4 Å². The third kappa shape index (κ3) is 3.19. The number of rotatable bonds is 4. The molecule has 198 valence electrons. The Bertz CT molecular complexity index is 1900. The molecule has 0 spiro atoms. The van der Waals surface area contributed by atoms with E-state index in [9.17, 15) is 9.59 Å². The monoisotopic (exact) mass is 532 g/mol. The molecule has 2 amide bonds. The van der Waals surface area contributed by atoms with Gasteiger partial charge in [0.25, 0.3) is 0 Å². The summed E-state index contributed by atoms with van der Waals surface area (Å²) in [5.41, 5.74) is 6.01. The van der Waals surface area contributed by atoms with Crippen LogP contribution in [0.5, 0.6) is 0 Å². The van der Waals surface area contributed by atoms with E-state index in [1.54, 1.807) is 0 Å². The van der Waals surface area contributed by atoms with Crippen LogP contribution in [0, 0.1) is 11.8 Å². The molecule has 41 heavy (non-hydrogen) atoms. The molecule has 0 radical (unpaired) electrons. The quantitative estimate of drug-likeness (QED) is 0.179. The maximum absolute atomic E-state index is 14.8. The first-order valence-electron chi connectivity index (χ1n) is 14.3. The molecule has 0 unspecified atom stereocenters. The topological polar surface area (TPSA) is 49.7 Å². The van der Waals surface area contributed by atoms with E-state index in [4.69, 9.17) is 4.99 Å². The van der Waals surface area contributed by atoms with Crippen LogP contribution in [0.15, 0.2) is 120 Å². The van der Waals surface area contributed by atoms with Gasteiger partial charge in [-0.1, -0.05) is 110 Å². The van der Waals surface area contributed by atoms with Gasteiger partial charge >= 0.3 is 0 Å². The molecular weight excluding hydrogens is 504 g/mol. The summed E-state index contributed by atoms with van der Waals surface area (Å²) in [6.07, 6.45) is 2.83. The Hall–Kier alpha value is -4.83. The van der Waals surface area contributed by atoms with E-state index in [0.717, 1.165) is 50.7 Å². The summed E-state index contributed by atoms with van der Waals surface area (Å²) in [5, 5.41) is 1.90. The second-order valence-corrected chi connectivity index (χ2v) is 11.3. The summed E-state index contributed by atoms with van der Waals surface area (Å²) in [6.45, 7) is 2.12. The predicted molar refractivity (Wildman–Crippen MR) is 163 cm³/mol.